The summed E-state index contributed by atoms with van der Waals surface area (Å²) in [5.41, 5.74) is 1.71. The molecule has 0 saturated carbocycles. The monoisotopic (exact) mass is 253 g/mol. The van der Waals surface area contributed by atoms with Crippen LogP contribution in [-0.4, -0.2) is 33.3 Å². The van der Waals surface area contributed by atoms with Gasteiger partial charge in [0, 0.05) is 32.2 Å². The first-order valence-corrected chi connectivity index (χ1v) is 5.39. The van der Waals surface area contributed by atoms with Crippen molar-refractivity contribution >= 4 is 18.1 Å². The highest BCUT2D eigenvalue weighted by atomic mass is 35.5. The third-order valence-electron chi connectivity index (χ3n) is 2.77. The first kappa shape index (κ1) is 13.6. The molecule has 1 N–H and O–H groups in total. The van der Waals surface area contributed by atoms with Gasteiger partial charge in [0.05, 0.1) is 24.4 Å². The van der Waals surface area contributed by atoms with E-state index in [4.69, 9.17) is 10.00 Å². The molecule has 0 radical (unpaired) electrons. The van der Waals surface area contributed by atoms with Gasteiger partial charge in [-0.1, -0.05) is 0 Å². The molecule has 0 bridgehead atoms. The number of nitriles is 1. The minimum atomic E-state index is 0. The van der Waals surface area contributed by atoms with Crippen molar-refractivity contribution in [3.05, 3.63) is 23.8 Å². The quantitative estimate of drug-likeness (QED) is 0.866. The Kier molecular flexibility index (Phi) is 5.08. The third-order valence-corrected chi connectivity index (χ3v) is 2.77. The minimum Gasteiger partial charge on any atom is -0.495 e. The average Bonchev–Trinajstić information content (AvgIpc) is 2.39. The summed E-state index contributed by atoms with van der Waals surface area (Å²) >= 11 is 0. The molecule has 0 atom stereocenters. The molecule has 0 unspecified atom stereocenters. The number of halogens is 1. The van der Waals surface area contributed by atoms with Crippen LogP contribution in [0.2, 0.25) is 0 Å². The molecular formula is C12H16ClN3O. The van der Waals surface area contributed by atoms with Gasteiger partial charge in [0.1, 0.15) is 5.75 Å². The summed E-state index contributed by atoms with van der Waals surface area (Å²) in [5.74, 6) is 0.779. The highest BCUT2D eigenvalue weighted by Crippen LogP contribution is 2.29. The van der Waals surface area contributed by atoms with Gasteiger partial charge in [-0.05, 0) is 12.1 Å². The Labute approximate surface area is 108 Å². The number of hydrogen-bond acceptors (Lipinski definition) is 4. The standard InChI is InChI=1S/C12H15N3O.ClH/c1-16-12-8-10(9-13)2-3-11(12)15-6-4-14-5-7-15;/h2-3,8,14H,4-7H2,1H3;1H. The highest BCUT2D eigenvalue weighted by molar-refractivity contribution is 5.85. The molecule has 0 aromatic heterocycles. The van der Waals surface area contributed by atoms with Gasteiger partial charge in [-0.15, -0.1) is 12.4 Å². The number of piperazine rings is 1. The van der Waals surface area contributed by atoms with Gasteiger partial charge in [-0.25, -0.2) is 0 Å². The van der Waals surface area contributed by atoms with Crippen molar-refractivity contribution < 1.29 is 4.74 Å². The predicted molar refractivity (Wildman–Crippen MR) is 70.0 cm³/mol. The number of nitrogens with one attached hydrogen (secondary N) is 1. The van der Waals surface area contributed by atoms with Crippen LogP contribution in [0, 0.1) is 11.3 Å². The van der Waals surface area contributed by atoms with E-state index in [1.54, 1.807) is 13.2 Å². The second kappa shape index (κ2) is 6.33. The van der Waals surface area contributed by atoms with Gasteiger partial charge in [0.2, 0.25) is 0 Å². The van der Waals surface area contributed by atoms with Crippen molar-refractivity contribution in [3.63, 3.8) is 0 Å². The van der Waals surface area contributed by atoms with E-state index in [1.165, 1.54) is 0 Å². The average molecular weight is 254 g/mol. The van der Waals surface area contributed by atoms with Crippen molar-refractivity contribution in [2.75, 3.05) is 38.2 Å². The van der Waals surface area contributed by atoms with Crippen molar-refractivity contribution in [3.8, 4) is 11.8 Å². The Morgan fingerprint density at radius 3 is 2.65 bits per heavy atom. The fraction of sp³-hybridized carbons (Fsp3) is 0.417. The lowest BCUT2D eigenvalue weighted by atomic mass is 10.1. The van der Waals surface area contributed by atoms with Gasteiger partial charge >= 0.3 is 0 Å². The summed E-state index contributed by atoms with van der Waals surface area (Å²) in [7, 11) is 1.64. The molecule has 0 spiro atoms. The minimum absolute atomic E-state index is 0. The molecule has 1 aromatic carbocycles. The molecule has 1 heterocycles. The molecule has 1 saturated heterocycles. The van der Waals surface area contributed by atoms with Crippen molar-refractivity contribution in [2.24, 2.45) is 0 Å². The molecule has 5 heteroatoms. The second-order valence-corrected chi connectivity index (χ2v) is 3.74. The van der Waals surface area contributed by atoms with Gasteiger partial charge in [-0.3, -0.25) is 0 Å². The number of hydrogen-bond donors (Lipinski definition) is 1. The van der Waals surface area contributed by atoms with E-state index in [2.05, 4.69) is 16.3 Å². The smallest absolute Gasteiger partial charge is 0.143 e. The van der Waals surface area contributed by atoms with Crippen LogP contribution in [0.3, 0.4) is 0 Å². The molecule has 17 heavy (non-hydrogen) atoms. The van der Waals surface area contributed by atoms with Gasteiger partial charge in [0.15, 0.2) is 0 Å². The van der Waals surface area contributed by atoms with Crippen LogP contribution in [-0.2, 0) is 0 Å². The maximum absolute atomic E-state index is 8.83. The van der Waals surface area contributed by atoms with Gasteiger partial charge in [-0.2, -0.15) is 5.26 Å². The zero-order chi connectivity index (χ0) is 11.4. The van der Waals surface area contributed by atoms with Crippen molar-refractivity contribution in [2.45, 2.75) is 0 Å². The fourth-order valence-electron chi connectivity index (χ4n) is 1.91. The zero-order valence-corrected chi connectivity index (χ0v) is 10.6. The Morgan fingerprint density at radius 2 is 2.06 bits per heavy atom. The number of methoxy groups -OCH3 is 1. The maximum Gasteiger partial charge on any atom is 0.143 e. The van der Waals surface area contributed by atoms with Crippen LogP contribution in [0.15, 0.2) is 18.2 Å². The lowest BCUT2D eigenvalue weighted by Gasteiger charge is -2.30. The Hall–Kier alpha value is -1.44. The molecule has 92 valence electrons. The van der Waals surface area contributed by atoms with Crippen LogP contribution in [0.25, 0.3) is 0 Å². The number of ether oxygens (including phenoxy) is 1. The van der Waals surface area contributed by atoms with Crippen LogP contribution >= 0.6 is 12.4 Å². The summed E-state index contributed by atoms with van der Waals surface area (Å²) < 4.78 is 5.33. The third kappa shape index (κ3) is 3.02. The van der Waals surface area contributed by atoms with E-state index in [-0.39, 0.29) is 12.4 Å². The van der Waals surface area contributed by atoms with E-state index < -0.39 is 0 Å². The van der Waals surface area contributed by atoms with E-state index in [9.17, 15) is 0 Å². The lowest BCUT2D eigenvalue weighted by molar-refractivity contribution is 0.413. The van der Waals surface area contributed by atoms with Gasteiger partial charge < -0.3 is 15.0 Å². The summed E-state index contributed by atoms with van der Waals surface area (Å²) in [4.78, 5) is 2.27. The first-order valence-electron chi connectivity index (χ1n) is 5.39. The summed E-state index contributed by atoms with van der Waals surface area (Å²) in [6, 6.07) is 7.70. The zero-order valence-electron chi connectivity index (χ0n) is 9.77. The largest absolute Gasteiger partial charge is 0.495 e. The number of nitrogens with zero attached hydrogens (tertiary/aromatic N) is 2. The second-order valence-electron chi connectivity index (χ2n) is 3.74. The van der Waals surface area contributed by atoms with E-state index >= 15 is 0 Å². The van der Waals surface area contributed by atoms with Crippen molar-refractivity contribution in [1.82, 2.24) is 5.32 Å². The van der Waals surface area contributed by atoms with Gasteiger partial charge in [0.25, 0.3) is 0 Å². The molecule has 2 rings (SSSR count). The lowest BCUT2D eigenvalue weighted by Crippen LogP contribution is -2.43. The summed E-state index contributed by atoms with van der Waals surface area (Å²) in [6.07, 6.45) is 0. The normalized spacial score (nSPS) is 14.7. The van der Waals surface area contributed by atoms with E-state index in [0.29, 0.717) is 5.56 Å². The first-order chi connectivity index (χ1) is 7.85. The molecule has 0 aliphatic carbocycles. The molecule has 1 aliphatic rings. The molecule has 1 aliphatic heterocycles. The Morgan fingerprint density at radius 1 is 1.35 bits per heavy atom. The van der Waals surface area contributed by atoms with Crippen LogP contribution in [0.5, 0.6) is 5.75 Å². The fourth-order valence-corrected chi connectivity index (χ4v) is 1.91. The molecule has 1 aromatic rings. The predicted octanol–water partition coefficient (Wildman–Crippen LogP) is 1.40. The molecular weight excluding hydrogens is 238 g/mol. The number of rotatable bonds is 2. The highest BCUT2D eigenvalue weighted by Gasteiger charge is 2.14. The SMILES string of the molecule is COc1cc(C#N)ccc1N1CCNCC1.Cl. The Bertz CT molecular complexity index is 411. The van der Waals surface area contributed by atoms with Crippen LogP contribution in [0.1, 0.15) is 5.56 Å². The van der Waals surface area contributed by atoms with Crippen LogP contribution in [0.4, 0.5) is 5.69 Å². The van der Waals surface area contributed by atoms with Crippen LogP contribution < -0.4 is 15.0 Å². The maximum atomic E-state index is 8.83. The van der Waals surface area contributed by atoms with Crippen molar-refractivity contribution in [1.29, 1.82) is 5.26 Å². The Balaban J connectivity index is 0.00000144. The number of anilines is 1. The summed E-state index contributed by atoms with van der Waals surface area (Å²) in [6.45, 7) is 3.93. The molecule has 1 fully saturated rings. The molecule has 0 amide bonds. The summed E-state index contributed by atoms with van der Waals surface area (Å²) in [5, 5.41) is 12.1. The van der Waals surface area contributed by atoms with E-state index in [1.807, 2.05) is 12.1 Å². The number of benzene rings is 1. The molecule has 4 nitrogen and oxygen atoms in total. The van der Waals surface area contributed by atoms with E-state index in [0.717, 1.165) is 37.6 Å². The topological polar surface area (TPSA) is 48.3 Å².